The van der Waals surface area contributed by atoms with E-state index in [1.54, 1.807) is 0 Å². The molecular weight excluding hydrogens is 434 g/mol. The van der Waals surface area contributed by atoms with Crippen LogP contribution >= 0.6 is 0 Å². The second-order valence-electron chi connectivity index (χ2n) is 11.7. The van der Waals surface area contributed by atoms with Crippen molar-refractivity contribution in [3.05, 3.63) is 25.3 Å². The predicted molar refractivity (Wildman–Crippen MR) is 167 cm³/mol. The Morgan fingerprint density at radius 3 is 0.806 bits per heavy atom. The van der Waals surface area contributed by atoms with Crippen molar-refractivity contribution in [2.24, 2.45) is 11.7 Å². The highest BCUT2D eigenvalue weighted by molar-refractivity contribution is 4.79. The fourth-order valence-electron chi connectivity index (χ4n) is 5.62. The van der Waals surface area contributed by atoms with Gasteiger partial charge in [-0.2, -0.15) is 0 Å². The number of allylic oxidation sites excluding steroid dienone is 2. The molecule has 0 aliphatic rings. The maximum Gasteiger partial charge on any atom is -0.00773 e. The van der Waals surface area contributed by atoms with Crippen LogP contribution in [0.2, 0.25) is 0 Å². The molecule has 0 atom stereocenters. The van der Waals surface area contributed by atoms with Crippen LogP contribution in [0.25, 0.3) is 0 Å². The van der Waals surface area contributed by atoms with E-state index in [0.717, 1.165) is 25.3 Å². The van der Waals surface area contributed by atoms with Gasteiger partial charge in [0.2, 0.25) is 0 Å². The summed E-state index contributed by atoms with van der Waals surface area (Å²) in [4.78, 5) is 0. The largest absolute Gasteiger partial charge is 0.330 e. The average Bonchev–Trinajstić information content (AvgIpc) is 2.88. The minimum Gasteiger partial charge on any atom is -0.330 e. The summed E-state index contributed by atoms with van der Waals surface area (Å²) in [5.41, 5.74) is 5.54. The van der Waals surface area contributed by atoms with E-state index < -0.39 is 0 Å². The zero-order valence-electron chi connectivity index (χ0n) is 24.9. The van der Waals surface area contributed by atoms with E-state index in [1.807, 2.05) is 0 Å². The van der Waals surface area contributed by atoms with Crippen molar-refractivity contribution >= 4 is 0 Å². The normalized spacial score (nSPS) is 11.4. The van der Waals surface area contributed by atoms with Crippen molar-refractivity contribution in [2.75, 3.05) is 6.54 Å². The Bertz CT molecular complexity index is 405. The quantitative estimate of drug-likeness (QED) is 0.0716. The van der Waals surface area contributed by atoms with Crippen molar-refractivity contribution in [3.63, 3.8) is 0 Å². The van der Waals surface area contributed by atoms with Gasteiger partial charge in [0.25, 0.3) is 0 Å². The smallest absolute Gasteiger partial charge is 0.00773 e. The van der Waals surface area contributed by atoms with E-state index in [4.69, 9.17) is 5.73 Å². The zero-order chi connectivity index (χ0) is 26.2. The van der Waals surface area contributed by atoms with Crippen molar-refractivity contribution < 1.29 is 0 Å². The van der Waals surface area contributed by atoms with Gasteiger partial charge in [0.15, 0.2) is 0 Å². The van der Waals surface area contributed by atoms with Crippen molar-refractivity contribution in [1.82, 2.24) is 0 Å². The van der Waals surface area contributed by atoms with Gasteiger partial charge in [0.05, 0.1) is 0 Å². The molecule has 36 heavy (non-hydrogen) atoms. The Morgan fingerprint density at radius 2 is 0.583 bits per heavy atom. The Hall–Kier alpha value is -0.560. The van der Waals surface area contributed by atoms with E-state index in [0.29, 0.717) is 0 Å². The number of rotatable bonds is 32. The summed E-state index contributed by atoms with van der Waals surface area (Å²) in [5.74, 6) is 0.789. The zero-order valence-corrected chi connectivity index (χ0v) is 24.9. The molecule has 2 N–H and O–H groups in total. The van der Waals surface area contributed by atoms with Crippen LogP contribution in [0.15, 0.2) is 25.3 Å². The van der Waals surface area contributed by atoms with Crippen LogP contribution in [-0.2, 0) is 0 Å². The van der Waals surface area contributed by atoms with Gasteiger partial charge < -0.3 is 5.73 Å². The Labute approximate surface area is 229 Å². The molecular formula is C35H69N. The van der Waals surface area contributed by atoms with Gasteiger partial charge >= 0.3 is 0 Å². The SMILES string of the molecule is C=CCC(CC=C)CCCCCCCCCCCCCCCCCCCCCCCCCCCCN. The summed E-state index contributed by atoms with van der Waals surface area (Å²) in [7, 11) is 0. The molecule has 0 heterocycles. The first-order valence-electron chi connectivity index (χ1n) is 16.8. The Balaban J connectivity index is 3.11. The summed E-state index contributed by atoms with van der Waals surface area (Å²) in [6, 6.07) is 0. The van der Waals surface area contributed by atoms with E-state index in [2.05, 4.69) is 25.3 Å². The van der Waals surface area contributed by atoms with E-state index >= 15 is 0 Å². The minimum atomic E-state index is 0.789. The van der Waals surface area contributed by atoms with E-state index in [9.17, 15) is 0 Å². The lowest BCUT2D eigenvalue weighted by molar-refractivity contribution is 0.456. The molecule has 0 spiro atoms. The third-order valence-corrected chi connectivity index (χ3v) is 8.07. The minimum absolute atomic E-state index is 0.789. The van der Waals surface area contributed by atoms with Crippen LogP contribution in [0.1, 0.15) is 186 Å². The first kappa shape index (κ1) is 35.4. The molecule has 0 aliphatic carbocycles. The molecule has 0 aromatic carbocycles. The second kappa shape index (κ2) is 32.5. The first-order chi connectivity index (χ1) is 17.8. The van der Waals surface area contributed by atoms with Gasteiger partial charge in [-0.25, -0.2) is 0 Å². The molecule has 0 aliphatic heterocycles. The topological polar surface area (TPSA) is 26.0 Å². The third kappa shape index (κ3) is 29.7. The second-order valence-corrected chi connectivity index (χ2v) is 11.7. The highest BCUT2D eigenvalue weighted by Gasteiger charge is 2.04. The van der Waals surface area contributed by atoms with Gasteiger partial charge in [0, 0.05) is 0 Å². The summed E-state index contributed by atoms with van der Waals surface area (Å²) < 4.78 is 0. The van der Waals surface area contributed by atoms with Gasteiger partial charge in [0.1, 0.15) is 0 Å². The van der Waals surface area contributed by atoms with Crippen LogP contribution in [0.4, 0.5) is 0 Å². The summed E-state index contributed by atoms with van der Waals surface area (Å²) in [6.07, 6.45) is 45.3. The van der Waals surface area contributed by atoms with E-state index in [-0.39, 0.29) is 0 Å². The molecule has 0 bridgehead atoms. The molecule has 0 amide bonds. The highest BCUT2D eigenvalue weighted by Crippen LogP contribution is 2.20. The van der Waals surface area contributed by atoms with Crippen LogP contribution in [-0.4, -0.2) is 6.54 Å². The number of nitrogens with two attached hydrogens (primary N) is 1. The van der Waals surface area contributed by atoms with Crippen LogP contribution in [0.5, 0.6) is 0 Å². The molecule has 0 saturated carbocycles. The first-order valence-corrected chi connectivity index (χ1v) is 16.8. The molecule has 0 aromatic heterocycles. The molecule has 0 radical (unpaired) electrons. The maximum absolute atomic E-state index is 5.54. The Morgan fingerprint density at radius 1 is 0.361 bits per heavy atom. The maximum atomic E-state index is 5.54. The standard InChI is InChI=1S/C35H69N/c1-3-31-35(32-4-2)33-29-27-25-23-21-19-17-15-13-11-9-7-5-6-8-10-12-14-16-18-20-22-24-26-28-30-34-36/h3-4,35H,1-2,5-34,36H2. The molecule has 214 valence electrons. The Kier molecular flexibility index (Phi) is 32.0. The summed E-state index contributed by atoms with van der Waals surface area (Å²) in [6.45, 7) is 8.66. The van der Waals surface area contributed by atoms with Gasteiger partial charge in [-0.05, 0) is 38.1 Å². The molecule has 0 unspecified atom stereocenters. The van der Waals surface area contributed by atoms with Crippen molar-refractivity contribution in [1.29, 1.82) is 0 Å². The molecule has 1 heteroatoms. The van der Waals surface area contributed by atoms with Gasteiger partial charge in [-0.1, -0.05) is 173 Å². The summed E-state index contributed by atoms with van der Waals surface area (Å²) >= 11 is 0. The van der Waals surface area contributed by atoms with Crippen LogP contribution in [0.3, 0.4) is 0 Å². The monoisotopic (exact) mass is 504 g/mol. The van der Waals surface area contributed by atoms with Gasteiger partial charge in [-0.15, -0.1) is 13.2 Å². The highest BCUT2D eigenvalue weighted by atomic mass is 14.5. The third-order valence-electron chi connectivity index (χ3n) is 8.07. The lowest BCUT2D eigenvalue weighted by atomic mass is 9.94. The molecule has 1 nitrogen and oxygen atoms in total. The van der Waals surface area contributed by atoms with Crippen LogP contribution in [0, 0.1) is 5.92 Å². The number of hydrogen-bond donors (Lipinski definition) is 1. The number of hydrogen-bond acceptors (Lipinski definition) is 1. The molecule has 0 aromatic rings. The van der Waals surface area contributed by atoms with Crippen LogP contribution < -0.4 is 5.73 Å². The fourth-order valence-corrected chi connectivity index (χ4v) is 5.62. The molecule has 0 saturated heterocycles. The number of unbranched alkanes of at least 4 members (excludes halogenated alkanes) is 25. The van der Waals surface area contributed by atoms with Crippen molar-refractivity contribution in [2.45, 2.75) is 186 Å². The lowest BCUT2D eigenvalue weighted by Crippen LogP contribution is -1.97. The fraction of sp³-hybridized carbons (Fsp3) is 0.886. The average molecular weight is 504 g/mol. The van der Waals surface area contributed by atoms with Gasteiger partial charge in [-0.3, -0.25) is 0 Å². The van der Waals surface area contributed by atoms with E-state index in [1.165, 1.54) is 173 Å². The molecule has 0 fully saturated rings. The lowest BCUT2D eigenvalue weighted by Gasteiger charge is -2.12. The molecule has 0 rings (SSSR count). The summed E-state index contributed by atoms with van der Waals surface area (Å²) in [5, 5.41) is 0. The van der Waals surface area contributed by atoms with Crippen molar-refractivity contribution in [3.8, 4) is 0 Å². The predicted octanol–water partition coefficient (Wildman–Crippen LogP) is 12.2.